The number of aryl methyl sites for hydroxylation is 1. The minimum Gasteiger partial charge on any atom is -0.494 e. The van der Waals surface area contributed by atoms with Crippen molar-refractivity contribution < 1.29 is 40.6 Å². The Morgan fingerprint density at radius 1 is 0.886 bits per heavy atom. The normalized spacial score (nSPS) is 12.7. The summed E-state index contributed by atoms with van der Waals surface area (Å²) in [4.78, 5) is 0. The molecule has 192 valence electrons. The SMILES string of the molecule is [B]CCCCCOc1cccc(-c2ccc(C(OCOC)(C(F)(F)F)C(F)(F)F)cc2CCC)c1. The lowest BCUT2D eigenvalue weighted by Gasteiger charge is -2.37. The van der Waals surface area contributed by atoms with Crippen molar-refractivity contribution in [3.05, 3.63) is 53.6 Å². The Morgan fingerprint density at radius 3 is 2.20 bits per heavy atom. The lowest BCUT2D eigenvalue weighted by atomic mass is 9.86. The summed E-state index contributed by atoms with van der Waals surface area (Å²) in [7, 11) is 6.43. The van der Waals surface area contributed by atoms with Gasteiger partial charge in [-0.25, -0.2) is 0 Å². The largest absolute Gasteiger partial charge is 0.494 e. The van der Waals surface area contributed by atoms with E-state index in [-0.39, 0.29) is 6.42 Å². The fourth-order valence-electron chi connectivity index (χ4n) is 3.82. The Kier molecular flexibility index (Phi) is 10.5. The maximum absolute atomic E-state index is 13.9. The van der Waals surface area contributed by atoms with Crippen molar-refractivity contribution >= 4 is 7.85 Å². The summed E-state index contributed by atoms with van der Waals surface area (Å²) >= 11 is 0. The van der Waals surface area contributed by atoms with Crippen LogP contribution in [0.15, 0.2) is 42.5 Å². The molecule has 3 nitrogen and oxygen atoms in total. The van der Waals surface area contributed by atoms with Crippen LogP contribution in [-0.4, -0.2) is 40.7 Å². The molecule has 10 heteroatoms. The predicted octanol–water partition coefficient (Wildman–Crippen LogP) is 7.38. The highest BCUT2D eigenvalue weighted by Gasteiger charge is 2.73. The van der Waals surface area contributed by atoms with E-state index < -0.39 is 30.3 Å². The van der Waals surface area contributed by atoms with E-state index in [1.54, 1.807) is 31.2 Å². The van der Waals surface area contributed by atoms with E-state index in [9.17, 15) is 26.3 Å². The number of ether oxygens (including phenoxy) is 3. The van der Waals surface area contributed by atoms with Gasteiger partial charge in [0, 0.05) is 12.7 Å². The second-order valence-corrected chi connectivity index (χ2v) is 8.08. The van der Waals surface area contributed by atoms with Crippen molar-refractivity contribution in [3.8, 4) is 16.9 Å². The third-order valence-corrected chi connectivity index (χ3v) is 5.49. The molecule has 0 N–H and O–H groups in total. The van der Waals surface area contributed by atoms with Crippen LogP contribution < -0.4 is 4.74 Å². The molecule has 0 aliphatic carbocycles. The van der Waals surface area contributed by atoms with Gasteiger partial charge in [0.1, 0.15) is 12.5 Å². The molecule has 0 saturated heterocycles. The molecule has 2 radical (unpaired) electrons. The molecule has 2 aromatic rings. The topological polar surface area (TPSA) is 27.7 Å². The molecule has 0 aliphatic heterocycles. The van der Waals surface area contributed by atoms with Crippen LogP contribution in [0.2, 0.25) is 6.32 Å². The Bertz CT molecular complexity index is 916. The van der Waals surface area contributed by atoms with Gasteiger partial charge >= 0.3 is 12.4 Å². The fourth-order valence-corrected chi connectivity index (χ4v) is 3.82. The monoisotopic (exact) mass is 502 g/mol. The smallest absolute Gasteiger partial charge is 0.430 e. The van der Waals surface area contributed by atoms with Gasteiger partial charge in [-0.2, -0.15) is 26.3 Å². The molecule has 0 saturated carbocycles. The molecule has 2 rings (SSSR count). The summed E-state index contributed by atoms with van der Waals surface area (Å²) < 4.78 is 98.2. The molecule has 0 aromatic heterocycles. The number of methoxy groups -OCH3 is 1. The molecule has 0 atom stereocenters. The molecule has 0 fully saturated rings. The number of rotatable bonds is 13. The lowest BCUT2D eigenvalue weighted by Crippen LogP contribution is -2.56. The Morgan fingerprint density at radius 2 is 1.60 bits per heavy atom. The van der Waals surface area contributed by atoms with Crippen LogP contribution in [0, 0.1) is 0 Å². The van der Waals surface area contributed by atoms with Gasteiger partial charge in [-0.3, -0.25) is 0 Å². The van der Waals surface area contributed by atoms with Crippen molar-refractivity contribution in [1.29, 1.82) is 0 Å². The standard InChI is InChI=1S/C25H29BF6O3/c1-3-8-18-15-20(23(24(27,28)29,25(30,31)32)35-17-33-2)11-12-22(18)19-9-7-10-21(16-19)34-14-6-4-5-13-26/h7,9-12,15-16H,3-6,8,13-14,17H2,1-2H3. The molecule has 0 bridgehead atoms. The summed E-state index contributed by atoms with van der Waals surface area (Å²) in [5, 5.41) is 0. The highest BCUT2D eigenvalue weighted by atomic mass is 19.4. The summed E-state index contributed by atoms with van der Waals surface area (Å²) in [6.07, 6.45) is -7.53. The van der Waals surface area contributed by atoms with Crippen molar-refractivity contribution in [2.45, 2.75) is 63.3 Å². The molecule has 0 unspecified atom stereocenters. The van der Waals surface area contributed by atoms with Crippen molar-refractivity contribution in [2.24, 2.45) is 0 Å². The highest BCUT2D eigenvalue weighted by molar-refractivity contribution is 6.08. The summed E-state index contributed by atoms with van der Waals surface area (Å²) in [6.45, 7) is 1.08. The highest BCUT2D eigenvalue weighted by Crippen LogP contribution is 2.53. The minimum atomic E-state index is -5.77. The molecule has 2 aromatic carbocycles. The van der Waals surface area contributed by atoms with E-state index in [1.807, 2.05) is 0 Å². The number of hydrogen-bond acceptors (Lipinski definition) is 3. The van der Waals surface area contributed by atoms with Crippen molar-refractivity contribution in [3.63, 3.8) is 0 Å². The van der Waals surface area contributed by atoms with Gasteiger partial charge in [-0.1, -0.05) is 62.8 Å². The quantitative estimate of drug-likeness (QED) is 0.124. The number of alkyl halides is 6. The lowest BCUT2D eigenvalue weighted by molar-refractivity contribution is -0.400. The summed E-state index contributed by atoms with van der Waals surface area (Å²) in [5.41, 5.74) is -4.08. The van der Waals surface area contributed by atoms with Crippen LogP contribution in [0.25, 0.3) is 11.1 Å². The molecule has 0 spiro atoms. The zero-order valence-electron chi connectivity index (χ0n) is 19.8. The first-order chi connectivity index (χ1) is 16.5. The van der Waals surface area contributed by atoms with E-state index in [1.165, 1.54) is 6.07 Å². The Hall–Kier alpha value is -2.20. The average molecular weight is 502 g/mol. The van der Waals surface area contributed by atoms with Gasteiger partial charge in [-0.15, -0.1) is 0 Å². The number of unbranched alkanes of at least 4 members (excludes halogenated alkanes) is 2. The van der Waals surface area contributed by atoms with Crippen LogP contribution in [0.4, 0.5) is 26.3 Å². The Balaban J connectivity index is 2.50. The van der Waals surface area contributed by atoms with E-state index in [2.05, 4.69) is 9.47 Å². The molecule has 35 heavy (non-hydrogen) atoms. The van der Waals surface area contributed by atoms with Gasteiger partial charge in [0.25, 0.3) is 5.60 Å². The third kappa shape index (κ3) is 6.94. The van der Waals surface area contributed by atoms with Crippen molar-refractivity contribution in [1.82, 2.24) is 0 Å². The van der Waals surface area contributed by atoms with Crippen LogP contribution in [-0.2, 0) is 21.5 Å². The number of halogens is 6. The van der Waals surface area contributed by atoms with Crippen molar-refractivity contribution in [2.75, 3.05) is 20.5 Å². The second kappa shape index (κ2) is 12.7. The number of benzene rings is 2. The van der Waals surface area contributed by atoms with Gasteiger partial charge < -0.3 is 14.2 Å². The predicted molar refractivity (Wildman–Crippen MR) is 123 cm³/mol. The Labute approximate surface area is 203 Å². The van der Waals surface area contributed by atoms with E-state index >= 15 is 0 Å². The van der Waals surface area contributed by atoms with Crippen LogP contribution >= 0.6 is 0 Å². The zero-order valence-corrected chi connectivity index (χ0v) is 19.8. The zero-order chi connectivity index (χ0) is 26.1. The first-order valence-corrected chi connectivity index (χ1v) is 11.3. The molecule has 0 aliphatic rings. The molecular formula is C25H29BF6O3. The molecule has 0 amide bonds. The van der Waals surface area contributed by atoms with Gasteiger partial charge in [0.2, 0.25) is 0 Å². The maximum Gasteiger partial charge on any atom is 0.430 e. The minimum absolute atomic E-state index is 0.267. The summed E-state index contributed by atoms with van der Waals surface area (Å²) in [5.74, 6) is 0.560. The molecular weight excluding hydrogens is 473 g/mol. The van der Waals surface area contributed by atoms with Crippen LogP contribution in [0.5, 0.6) is 5.75 Å². The average Bonchev–Trinajstić information content (AvgIpc) is 2.78. The first-order valence-electron chi connectivity index (χ1n) is 11.3. The fraction of sp³-hybridized carbons (Fsp3) is 0.520. The van der Waals surface area contributed by atoms with Crippen LogP contribution in [0.1, 0.15) is 43.7 Å². The first kappa shape index (κ1) is 29.0. The van der Waals surface area contributed by atoms with Gasteiger partial charge in [0.05, 0.1) is 14.5 Å². The maximum atomic E-state index is 13.9. The summed E-state index contributed by atoms with van der Waals surface area (Å²) in [6, 6.07) is 9.93. The number of hydrogen-bond donors (Lipinski definition) is 0. The van der Waals surface area contributed by atoms with E-state index in [4.69, 9.17) is 12.6 Å². The van der Waals surface area contributed by atoms with Crippen LogP contribution in [0.3, 0.4) is 0 Å². The van der Waals surface area contributed by atoms with E-state index in [0.29, 0.717) is 41.8 Å². The van der Waals surface area contributed by atoms with Gasteiger partial charge in [-0.05, 0) is 41.7 Å². The molecule has 0 heterocycles. The third-order valence-electron chi connectivity index (χ3n) is 5.49. The van der Waals surface area contributed by atoms with Gasteiger partial charge in [0.15, 0.2) is 0 Å². The second-order valence-electron chi connectivity index (χ2n) is 8.08. The van der Waals surface area contributed by atoms with E-state index in [0.717, 1.165) is 38.5 Å².